The predicted molar refractivity (Wildman–Crippen MR) is 70.3 cm³/mol. The number of amides is 1. The summed E-state index contributed by atoms with van der Waals surface area (Å²) < 4.78 is 10.8. The van der Waals surface area contributed by atoms with Gasteiger partial charge >= 0.3 is 6.09 Å². The summed E-state index contributed by atoms with van der Waals surface area (Å²) >= 11 is 0. The summed E-state index contributed by atoms with van der Waals surface area (Å²) in [6.07, 6.45) is -0.355. The predicted octanol–water partition coefficient (Wildman–Crippen LogP) is 1.62. The van der Waals surface area contributed by atoms with Gasteiger partial charge in [0.1, 0.15) is 0 Å². The molecule has 2 rings (SSSR count). The lowest BCUT2D eigenvalue weighted by molar-refractivity contribution is -0.0952. The Kier molecular flexibility index (Phi) is 5.18. The van der Waals surface area contributed by atoms with Crippen LogP contribution in [0.15, 0.2) is 30.3 Å². The van der Waals surface area contributed by atoms with Crippen LogP contribution in [0.4, 0.5) is 4.79 Å². The maximum absolute atomic E-state index is 11.2. The highest BCUT2D eigenvalue weighted by Gasteiger charge is 2.21. The highest BCUT2D eigenvalue weighted by atomic mass is 16.6. The Hall–Kier alpha value is -1.59. The maximum atomic E-state index is 11.2. The molecule has 1 amide bonds. The summed E-state index contributed by atoms with van der Waals surface area (Å²) in [6.45, 7) is 2.43. The molecule has 5 nitrogen and oxygen atoms in total. The molecule has 0 aromatic heterocycles. The van der Waals surface area contributed by atoms with Gasteiger partial charge in [0.25, 0.3) is 0 Å². The number of hydrogen-bond acceptors (Lipinski definition) is 3. The summed E-state index contributed by atoms with van der Waals surface area (Å²) in [5, 5.41) is 9.21. The van der Waals surface area contributed by atoms with Crippen molar-refractivity contribution in [2.45, 2.75) is 12.5 Å². The topological polar surface area (TPSA) is 59.0 Å². The van der Waals surface area contributed by atoms with E-state index in [9.17, 15) is 9.90 Å². The van der Waals surface area contributed by atoms with E-state index in [2.05, 4.69) is 0 Å². The molecule has 1 atom stereocenters. The Balaban J connectivity index is 1.83. The molecule has 1 aliphatic heterocycles. The molecule has 0 aliphatic carbocycles. The van der Waals surface area contributed by atoms with E-state index in [-0.39, 0.29) is 6.10 Å². The van der Waals surface area contributed by atoms with Gasteiger partial charge in [-0.3, -0.25) is 0 Å². The lowest BCUT2D eigenvalue weighted by Gasteiger charge is -2.28. The van der Waals surface area contributed by atoms with Crippen molar-refractivity contribution in [2.75, 3.05) is 32.9 Å². The molecule has 1 saturated heterocycles. The maximum Gasteiger partial charge on any atom is 0.407 e. The van der Waals surface area contributed by atoms with Gasteiger partial charge < -0.3 is 19.5 Å². The van der Waals surface area contributed by atoms with Crippen LogP contribution in [0.1, 0.15) is 5.56 Å². The largest absolute Gasteiger partial charge is 0.465 e. The van der Waals surface area contributed by atoms with Gasteiger partial charge in [0.15, 0.2) is 0 Å². The van der Waals surface area contributed by atoms with Crippen LogP contribution < -0.4 is 0 Å². The first-order chi connectivity index (χ1) is 9.25. The van der Waals surface area contributed by atoms with Gasteiger partial charge in [0.05, 0.1) is 32.5 Å². The number of ether oxygens (including phenoxy) is 2. The first kappa shape index (κ1) is 13.8. The Morgan fingerprint density at radius 3 is 2.74 bits per heavy atom. The van der Waals surface area contributed by atoms with E-state index >= 15 is 0 Å². The molecule has 0 spiro atoms. The number of benzene rings is 1. The summed E-state index contributed by atoms with van der Waals surface area (Å²) in [5.41, 5.74) is 1.13. The second-order valence-electron chi connectivity index (χ2n) is 4.53. The van der Waals surface area contributed by atoms with Gasteiger partial charge in [-0.15, -0.1) is 0 Å². The Labute approximate surface area is 112 Å². The first-order valence-electron chi connectivity index (χ1n) is 6.47. The van der Waals surface area contributed by atoms with Crippen LogP contribution in [0.5, 0.6) is 0 Å². The zero-order chi connectivity index (χ0) is 13.5. The van der Waals surface area contributed by atoms with Gasteiger partial charge in [-0.2, -0.15) is 0 Å². The molecule has 1 aromatic carbocycles. The highest BCUT2D eigenvalue weighted by molar-refractivity contribution is 5.65. The van der Waals surface area contributed by atoms with Crippen molar-refractivity contribution >= 4 is 6.09 Å². The third-order valence-corrected chi connectivity index (χ3v) is 3.09. The van der Waals surface area contributed by atoms with Crippen molar-refractivity contribution in [3.8, 4) is 0 Å². The minimum Gasteiger partial charge on any atom is -0.465 e. The smallest absolute Gasteiger partial charge is 0.407 e. The molecule has 0 saturated carbocycles. The molecule has 0 radical (unpaired) electrons. The van der Waals surface area contributed by atoms with Gasteiger partial charge in [0.2, 0.25) is 0 Å². The fourth-order valence-corrected chi connectivity index (χ4v) is 2.06. The van der Waals surface area contributed by atoms with Crippen molar-refractivity contribution in [3.63, 3.8) is 0 Å². The Bertz CT molecular complexity index is 390. The van der Waals surface area contributed by atoms with Gasteiger partial charge in [-0.25, -0.2) is 4.79 Å². The molecule has 1 fully saturated rings. The van der Waals surface area contributed by atoms with Crippen LogP contribution in [0.3, 0.4) is 0 Å². The zero-order valence-corrected chi connectivity index (χ0v) is 10.8. The summed E-state index contributed by atoms with van der Waals surface area (Å²) in [6, 6.07) is 9.86. The molecule has 5 heteroatoms. The molecule has 0 bridgehead atoms. The number of nitrogens with zero attached hydrogens (tertiary/aromatic N) is 1. The number of carboxylic acid groups (broad SMARTS) is 1. The minimum absolute atomic E-state index is 0.152. The second kappa shape index (κ2) is 7.11. The van der Waals surface area contributed by atoms with Crippen molar-refractivity contribution in [2.24, 2.45) is 0 Å². The fourth-order valence-electron chi connectivity index (χ4n) is 2.06. The van der Waals surface area contributed by atoms with E-state index in [1.165, 1.54) is 4.90 Å². The third kappa shape index (κ3) is 4.54. The number of rotatable bonds is 5. The third-order valence-electron chi connectivity index (χ3n) is 3.09. The van der Waals surface area contributed by atoms with Gasteiger partial charge in [0, 0.05) is 6.54 Å². The summed E-state index contributed by atoms with van der Waals surface area (Å²) in [4.78, 5) is 12.6. The normalized spacial score (nSPS) is 19.1. The second-order valence-corrected chi connectivity index (χ2v) is 4.53. The number of hydrogen-bond donors (Lipinski definition) is 1. The lowest BCUT2D eigenvalue weighted by atomic mass is 10.1. The van der Waals surface area contributed by atoms with Crippen LogP contribution in [0, 0.1) is 0 Å². The first-order valence-corrected chi connectivity index (χ1v) is 6.47. The summed E-state index contributed by atoms with van der Waals surface area (Å²) in [5.74, 6) is 0. The fraction of sp³-hybridized carbons (Fsp3) is 0.500. The average molecular weight is 265 g/mol. The molecule has 19 heavy (non-hydrogen) atoms. The molecular formula is C14H19NO4. The minimum atomic E-state index is -0.912. The quantitative estimate of drug-likeness (QED) is 0.879. The number of carbonyl (C=O) groups is 1. The van der Waals surface area contributed by atoms with Gasteiger partial charge in [-0.1, -0.05) is 30.3 Å². The Morgan fingerprint density at radius 1 is 1.32 bits per heavy atom. The van der Waals surface area contributed by atoms with Crippen molar-refractivity contribution < 1.29 is 19.4 Å². The molecule has 1 aromatic rings. The SMILES string of the molecule is O=C(O)N(CCc1ccccc1)C[C@@H]1COCCO1. The van der Waals surface area contributed by atoms with Crippen LogP contribution in [-0.2, 0) is 15.9 Å². The molecule has 1 aliphatic rings. The van der Waals surface area contributed by atoms with Crippen molar-refractivity contribution in [1.82, 2.24) is 4.90 Å². The van der Waals surface area contributed by atoms with E-state index < -0.39 is 6.09 Å². The molecule has 0 unspecified atom stereocenters. The van der Waals surface area contributed by atoms with Crippen LogP contribution in [-0.4, -0.2) is 55.1 Å². The molecule has 1 heterocycles. The van der Waals surface area contributed by atoms with Crippen LogP contribution in [0.25, 0.3) is 0 Å². The highest BCUT2D eigenvalue weighted by Crippen LogP contribution is 2.06. The van der Waals surface area contributed by atoms with Gasteiger partial charge in [-0.05, 0) is 12.0 Å². The molecule has 1 N–H and O–H groups in total. The van der Waals surface area contributed by atoms with E-state index in [0.29, 0.717) is 39.3 Å². The van der Waals surface area contributed by atoms with E-state index in [4.69, 9.17) is 9.47 Å². The molecule has 104 valence electrons. The lowest BCUT2D eigenvalue weighted by Crippen LogP contribution is -2.43. The van der Waals surface area contributed by atoms with Crippen LogP contribution >= 0.6 is 0 Å². The van der Waals surface area contributed by atoms with Crippen LogP contribution in [0.2, 0.25) is 0 Å². The summed E-state index contributed by atoms with van der Waals surface area (Å²) in [7, 11) is 0. The monoisotopic (exact) mass is 265 g/mol. The average Bonchev–Trinajstić information content (AvgIpc) is 2.45. The van der Waals surface area contributed by atoms with E-state index in [1.54, 1.807) is 0 Å². The van der Waals surface area contributed by atoms with Crippen molar-refractivity contribution in [3.05, 3.63) is 35.9 Å². The van der Waals surface area contributed by atoms with E-state index in [1.807, 2.05) is 30.3 Å². The zero-order valence-electron chi connectivity index (χ0n) is 10.8. The Morgan fingerprint density at radius 2 is 2.11 bits per heavy atom. The van der Waals surface area contributed by atoms with E-state index in [0.717, 1.165) is 5.56 Å². The van der Waals surface area contributed by atoms with Crippen molar-refractivity contribution in [1.29, 1.82) is 0 Å². The standard InChI is InChI=1S/C14H19NO4/c16-14(17)15(10-13-11-18-8-9-19-13)7-6-12-4-2-1-3-5-12/h1-5,13H,6-11H2,(H,16,17)/t13-/m1/s1. The molecular weight excluding hydrogens is 246 g/mol.